The summed E-state index contributed by atoms with van der Waals surface area (Å²) in [6.45, 7) is 3.46. The Balaban J connectivity index is 2.34. The van der Waals surface area contributed by atoms with Gasteiger partial charge in [-0.1, -0.05) is 12.1 Å². The molecule has 1 saturated heterocycles. The van der Waals surface area contributed by atoms with Crippen molar-refractivity contribution >= 4 is 5.69 Å². The normalized spacial score (nSPS) is 21.2. The molecule has 1 aliphatic heterocycles. The molecule has 19 heavy (non-hydrogen) atoms. The van der Waals surface area contributed by atoms with Gasteiger partial charge in [-0.2, -0.15) is 0 Å². The molecule has 3 nitrogen and oxygen atoms in total. The lowest BCUT2D eigenvalue weighted by Gasteiger charge is -2.31. The Hall–Kier alpha value is -1.13. The van der Waals surface area contributed by atoms with E-state index in [1.807, 2.05) is 20.2 Å². The highest BCUT2D eigenvalue weighted by Gasteiger charge is 2.29. The highest BCUT2D eigenvalue weighted by molar-refractivity contribution is 5.57. The van der Waals surface area contributed by atoms with E-state index >= 15 is 0 Å². The molecule has 0 saturated carbocycles. The Kier molecular flexibility index (Phi) is 4.42. The summed E-state index contributed by atoms with van der Waals surface area (Å²) in [6, 6.07) is 5.28. The third-order valence-corrected chi connectivity index (χ3v) is 3.71. The molecule has 1 unspecified atom stereocenters. The number of aliphatic hydroxyl groups excluding tert-OH is 1. The molecule has 1 N–H and O–H groups in total. The Labute approximate surface area is 114 Å². The van der Waals surface area contributed by atoms with Gasteiger partial charge in [0.15, 0.2) is 0 Å². The molecule has 2 atom stereocenters. The van der Waals surface area contributed by atoms with Crippen LogP contribution in [0, 0.1) is 5.82 Å². The number of para-hydroxylation sites is 1. The molecule has 1 heterocycles. The third-order valence-electron chi connectivity index (χ3n) is 3.71. The second-order valence-electron chi connectivity index (χ2n) is 5.61. The number of rotatable bonds is 4. The van der Waals surface area contributed by atoms with Gasteiger partial charge >= 0.3 is 0 Å². The average Bonchev–Trinajstić information content (AvgIpc) is 2.75. The van der Waals surface area contributed by atoms with E-state index in [0.29, 0.717) is 17.3 Å². The minimum atomic E-state index is -0.647. The molecule has 0 radical (unpaired) electrons. The van der Waals surface area contributed by atoms with Gasteiger partial charge < -0.3 is 14.9 Å². The smallest absolute Gasteiger partial charge is 0.146 e. The van der Waals surface area contributed by atoms with Gasteiger partial charge in [0.1, 0.15) is 5.82 Å². The third kappa shape index (κ3) is 3.07. The summed E-state index contributed by atoms with van der Waals surface area (Å²) in [5.41, 5.74) is 1.27. The van der Waals surface area contributed by atoms with Crippen LogP contribution >= 0.6 is 0 Å². The fourth-order valence-corrected chi connectivity index (χ4v) is 2.91. The van der Waals surface area contributed by atoms with Gasteiger partial charge in [-0.25, -0.2) is 4.39 Å². The van der Waals surface area contributed by atoms with Crippen LogP contribution in [-0.2, 0) is 0 Å². The lowest BCUT2D eigenvalue weighted by Crippen LogP contribution is -2.38. The second kappa shape index (κ2) is 5.88. The van der Waals surface area contributed by atoms with Crippen molar-refractivity contribution in [1.82, 2.24) is 4.90 Å². The van der Waals surface area contributed by atoms with E-state index in [4.69, 9.17) is 0 Å². The van der Waals surface area contributed by atoms with E-state index in [1.54, 1.807) is 13.0 Å². The molecule has 106 valence electrons. The Morgan fingerprint density at radius 2 is 2.21 bits per heavy atom. The summed E-state index contributed by atoms with van der Waals surface area (Å²) >= 11 is 0. The van der Waals surface area contributed by atoms with Gasteiger partial charge in [-0.3, -0.25) is 0 Å². The Bertz CT molecular complexity index is 434. The largest absolute Gasteiger partial charge is 0.389 e. The SMILES string of the molecule is C[C@@H](O)c1cccc(F)c1N1CCCC1CN(C)C. The summed E-state index contributed by atoms with van der Waals surface area (Å²) in [4.78, 5) is 4.25. The Morgan fingerprint density at radius 1 is 1.47 bits per heavy atom. The zero-order chi connectivity index (χ0) is 14.0. The minimum Gasteiger partial charge on any atom is -0.389 e. The van der Waals surface area contributed by atoms with Crippen LogP contribution in [0.15, 0.2) is 18.2 Å². The second-order valence-corrected chi connectivity index (χ2v) is 5.61. The molecule has 1 aromatic carbocycles. The maximum atomic E-state index is 14.2. The fraction of sp³-hybridized carbons (Fsp3) is 0.600. The topological polar surface area (TPSA) is 26.7 Å². The first-order valence-corrected chi connectivity index (χ1v) is 6.88. The van der Waals surface area contributed by atoms with Gasteiger partial charge in [0, 0.05) is 24.7 Å². The van der Waals surface area contributed by atoms with Gasteiger partial charge in [-0.15, -0.1) is 0 Å². The molecule has 1 fully saturated rings. The number of benzene rings is 1. The van der Waals surface area contributed by atoms with Crippen LogP contribution in [0.25, 0.3) is 0 Å². The predicted octanol–water partition coefficient (Wildman–Crippen LogP) is 2.41. The molecule has 4 heteroatoms. The first kappa shape index (κ1) is 14.3. The number of halogens is 1. The van der Waals surface area contributed by atoms with E-state index in [0.717, 1.165) is 25.9 Å². The number of aliphatic hydroxyl groups is 1. The molecule has 0 spiro atoms. The van der Waals surface area contributed by atoms with Crippen LogP contribution < -0.4 is 4.90 Å². The van der Waals surface area contributed by atoms with Crippen molar-refractivity contribution in [3.63, 3.8) is 0 Å². The molecule has 0 amide bonds. The van der Waals surface area contributed by atoms with Crippen molar-refractivity contribution in [2.45, 2.75) is 31.9 Å². The zero-order valence-corrected chi connectivity index (χ0v) is 11.9. The minimum absolute atomic E-state index is 0.232. The maximum Gasteiger partial charge on any atom is 0.146 e. The van der Waals surface area contributed by atoms with E-state index in [1.165, 1.54) is 6.07 Å². The highest BCUT2D eigenvalue weighted by atomic mass is 19.1. The van der Waals surface area contributed by atoms with Crippen molar-refractivity contribution in [1.29, 1.82) is 0 Å². The molecule has 1 aromatic rings. The monoisotopic (exact) mass is 266 g/mol. The Morgan fingerprint density at radius 3 is 2.84 bits per heavy atom. The fourth-order valence-electron chi connectivity index (χ4n) is 2.91. The first-order chi connectivity index (χ1) is 9.00. The quantitative estimate of drug-likeness (QED) is 0.906. The number of nitrogens with zero attached hydrogens (tertiary/aromatic N) is 2. The molecular formula is C15H23FN2O. The molecule has 0 aromatic heterocycles. The summed E-state index contributed by atoms with van der Waals surface area (Å²) < 4.78 is 14.2. The van der Waals surface area contributed by atoms with Crippen LogP contribution in [0.5, 0.6) is 0 Å². The standard InChI is InChI=1S/C15H23FN2O/c1-11(19)13-7-4-8-14(16)15(13)18-9-5-6-12(18)10-17(2)3/h4,7-8,11-12,19H,5-6,9-10H2,1-3H3/t11-,12?/m1/s1. The molecule has 1 aliphatic rings. The van der Waals surface area contributed by atoms with Crippen LogP contribution in [0.1, 0.15) is 31.4 Å². The summed E-state index contributed by atoms with van der Waals surface area (Å²) in [7, 11) is 4.07. The van der Waals surface area contributed by atoms with Crippen LogP contribution in [-0.4, -0.2) is 43.2 Å². The summed E-state index contributed by atoms with van der Waals surface area (Å²) in [6.07, 6.45) is 1.50. The number of likely N-dealkylation sites (N-methyl/N-ethyl adjacent to an activating group) is 1. The highest BCUT2D eigenvalue weighted by Crippen LogP contribution is 2.34. The van der Waals surface area contributed by atoms with E-state index < -0.39 is 6.10 Å². The first-order valence-electron chi connectivity index (χ1n) is 6.88. The van der Waals surface area contributed by atoms with Crippen molar-refractivity contribution in [3.05, 3.63) is 29.6 Å². The van der Waals surface area contributed by atoms with Gasteiger partial charge in [0.2, 0.25) is 0 Å². The lowest BCUT2D eigenvalue weighted by molar-refractivity contribution is 0.199. The molecule has 2 rings (SSSR count). The van der Waals surface area contributed by atoms with E-state index in [-0.39, 0.29) is 5.82 Å². The van der Waals surface area contributed by atoms with Crippen LogP contribution in [0.4, 0.5) is 10.1 Å². The molecular weight excluding hydrogens is 243 g/mol. The molecule has 0 bridgehead atoms. The van der Waals surface area contributed by atoms with E-state index in [2.05, 4.69) is 9.80 Å². The van der Waals surface area contributed by atoms with Crippen molar-refractivity contribution in [2.24, 2.45) is 0 Å². The van der Waals surface area contributed by atoms with Gasteiger partial charge in [-0.05, 0) is 39.9 Å². The maximum absolute atomic E-state index is 14.2. The predicted molar refractivity (Wildman–Crippen MR) is 76.0 cm³/mol. The van der Waals surface area contributed by atoms with Gasteiger partial charge in [0.05, 0.1) is 11.8 Å². The average molecular weight is 266 g/mol. The van der Waals surface area contributed by atoms with Crippen LogP contribution in [0.2, 0.25) is 0 Å². The van der Waals surface area contributed by atoms with Crippen molar-refractivity contribution in [2.75, 3.05) is 32.1 Å². The van der Waals surface area contributed by atoms with Crippen LogP contribution in [0.3, 0.4) is 0 Å². The summed E-state index contributed by atoms with van der Waals surface area (Å²) in [5, 5.41) is 9.85. The zero-order valence-electron chi connectivity index (χ0n) is 11.9. The van der Waals surface area contributed by atoms with E-state index in [9.17, 15) is 9.50 Å². The van der Waals surface area contributed by atoms with Crippen molar-refractivity contribution < 1.29 is 9.50 Å². The van der Waals surface area contributed by atoms with Gasteiger partial charge in [0.25, 0.3) is 0 Å². The number of anilines is 1. The lowest BCUT2D eigenvalue weighted by atomic mass is 10.1. The summed E-state index contributed by atoms with van der Waals surface area (Å²) in [5.74, 6) is -0.232. The molecule has 0 aliphatic carbocycles. The number of hydrogen-bond donors (Lipinski definition) is 1. The number of hydrogen-bond acceptors (Lipinski definition) is 3. The van der Waals surface area contributed by atoms with Crippen molar-refractivity contribution in [3.8, 4) is 0 Å².